The standard InChI is InChI=1S/C14H20O/c1-10-6-5-7-11(2)14(10)12-8-3-4-9-13(12)15/h3-4,8-11,14-15H,5-7H2,1-2H3. The first-order chi connectivity index (χ1) is 7.20. The minimum Gasteiger partial charge on any atom is -0.508 e. The SMILES string of the molecule is CC1CCCC(C)C1c1ccccc1O. The molecule has 1 aromatic carbocycles. The third kappa shape index (κ3) is 2.01. The largest absolute Gasteiger partial charge is 0.508 e. The lowest BCUT2D eigenvalue weighted by molar-refractivity contribution is 0.244. The Balaban J connectivity index is 2.31. The van der Waals surface area contributed by atoms with Crippen LogP contribution in [0.25, 0.3) is 0 Å². The van der Waals surface area contributed by atoms with Gasteiger partial charge in [0.25, 0.3) is 0 Å². The van der Waals surface area contributed by atoms with Crippen molar-refractivity contribution in [1.29, 1.82) is 0 Å². The summed E-state index contributed by atoms with van der Waals surface area (Å²) in [4.78, 5) is 0. The highest BCUT2D eigenvalue weighted by atomic mass is 16.3. The highest BCUT2D eigenvalue weighted by molar-refractivity contribution is 5.35. The molecule has 1 saturated carbocycles. The highest BCUT2D eigenvalue weighted by Gasteiger charge is 2.30. The van der Waals surface area contributed by atoms with Crippen molar-refractivity contribution in [3.05, 3.63) is 29.8 Å². The molecule has 1 nitrogen and oxygen atoms in total. The molecular weight excluding hydrogens is 184 g/mol. The predicted octanol–water partition coefficient (Wildman–Crippen LogP) is 3.93. The Morgan fingerprint density at radius 2 is 1.67 bits per heavy atom. The lowest BCUT2D eigenvalue weighted by Gasteiger charge is -2.35. The number of aromatic hydroxyl groups is 1. The van der Waals surface area contributed by atoms with Crippen molar-refractivity contribution in [2.24, 2.45) is 11.8 Å². The van der Waals surface area contributed by atoms with Gasteiger partial charge >= 0.3 is 0 Å². The van der Waals surface area contributed by atoms with E-state index in [0.717, 1.165) is 5.56 Å². The van der Waals surface area contributed by atoms with Gasteiger partial charge in [0.2, 0.25) is 0 Å². The Morgan fingerprint density at radius 3 is 2.27 bits per heavy atom. The van der Waals surface area contributed by atoms with Crippen LogP contribution in [0, 0.1) is 11.8 Å². The maximum Gasteiger partial charge on any atom is 0.119 e. The normalized spacial score (nSPS) is 31.5. The Labute approximate surface area is 92.1 Å². The molecule has 1 N–H and O–H groups in total. The van der Waals surface area contributed by atoms with Crippen LogP contribution >= 0.6 is 0 Å². The molecule has 0 radical (unpaired) electrons. The van der Waals surface area contributed by atoms with Crippen LogP contribution in [0.4, 0.5) is 0 Å². The Hall–Kier alpha value is -0.980. The van der Waals surface area contributed by atoms with Gasteiger partial charge in [-0.2, -0.15) is 0 Å². The van der Waals surface area contributed by atoms with E-state index in [1.165, 1.54) is 19.3 Å². The van der Waals surface area contributed by atoms with Crippen LogP contribution in [0.1, 0.15) is 44.6 Å². The van der Waals surface area contributed by atoms with E-state index >= 15 is 0 Å². The molecule has 0 heterocycles. The molecule has 1 aliphatic rings. The fraction of sp³-hybridized carbons (Fsp3) is 0.571. The van der Waals surface area contributed by atoms with E-state index in [4.69, 9.17) is 0 Å². The zero-order valence-electron chi connectivity index (χ0n) is 9.61. The number of para-hydroxylation sites is 1. The molecule has 1 heteroatoms. The maximum atomic E-state index is 9.90. The highest BCUT2D eigenvalue weighted by Crippen LogP contribution is 2.44. The summed E-state index contributed by atoms with van der Waals surface area (Å²) in [5.41, 5.74) is 1.15. The molecule has 0 saturated heterocycles. The van der Waals surface area contributed by atoms with Crippen molar-refractivity contribution < 1.29 is 5.11 Å². The molecule has 2 atom stereocenters. The van der Waals surface area contributed by atoms with Crippen LogP contribution in [0.2, 0.25) is 0 Å². The van der Waals surface area contributed by atoms with Gasteiger partial charge in [-0.25, -0.2) is 0 Å². The quantitative estimate of drug-likeness (QED) is 0.734. The lowest BCUT2D eigenvalue weighted by Crippen LogP contribution is -2.22. The van der Waals surface area contributed by atoms with Gasteiger partial charge in [0.1, 0.15) is 5.75 Å². The van der Waals surface area contributed by atoms with Crippen molar-refractivity contribution >= 4 is 0 Å². The zero-order valence-corrected chi connectivity index (χ0v) is 9.61. The first kappa shape index (κ1) is 10.5. The van der Waals surface area contributed by atoms with E-state index in [-0.39, 0.29) is 0 Å². The van der Waals surface area contributed by atoms with Gasteiger partial charge in [-0.3, -0.25) is 0 Å². The van der Waals surface area contributed by atoms with E-state index < -0.39 is 0 Å². The number of phenols is 1. The van der Waals surface area contributed by atoms with Crippen molar-refractivity contribution in [3.63, 3.8) is 0 Å². The predicted molar refractivity (Wildman–Crippen MR) is 63.0 cm³/mol. The number of hydrogen-bond donors (Lipinski definition) is 1. The molecule has 2 unspecified atom stereocenters. The van der Waals surface area contributed by atoms with Gasteiger partial charge < -0.3 is 5.11 Å². The molecule has 1 aliphatic carbocycles. The van der Waals surface area contributed by atoms with Crippen LogP contribution < -0.4 is 0 Å². The van der Waals surface area contributed by atoms with E-state index in [1.54, 1.807) is 0 Å². The Kier molecular flexibility index (Phi) is 2.99. The second kappa shape index (κ2) is 4.26. The lowest BCUT2D eigenvalue weighted by atomic mass is 9.70. The van der Waals surface area contributed by atoms with E-state index in [2.05, 4.69) is 19.9 Å². The smallest absolute Gasteiger partial charge is 0.119 e. The minimum atomic E-state index is 0.475. The van der Waals surface area contributed by atoms with Crippen molar-refractivity contribution in [2.75, 3.05) is 0 Å². The van der Waals surface area contributed by atoms with Crippen LogP contribution in [0.15, 0.2) is 24.3 Å². The van der Waals surface area contributed by atoms with Gasteiger partial charge in [-0.15, -0.1) is 0 Å². The van der Waals surface area contributed by atoms with Crippen LogP contribution in [-0.4, -0.2) is 5.11 Å². The summed E-state index contributed by atoms with van der Waals surface area (Å²) in [6, 6.07) is 7.82. The molecule has 0 amide bonds. The second-order valence-corrected chi connectivity index (χ2v) is 4.97. The summed E-state index contributed by atoms with van der Waals surface area (Å²) >= 11 is 0. The van der Waals surface area contributed by atoms with Gasteiger partial charge in [0.15, 0.2) is 0 Å². The van der Waals surface area contributed by atoms with E-state index in [1.807, 2.05) is 18.2 Å². The average molecular weight is 204 g/mol. The van der Waals surface area contributed by atoms with Crippen molar-refractivity contribution in [2.45, 2.75) is 39.0 Å². The zero-order chi connectivity index (χ0) is 10.8. The number of hydrogen-bond acceptors (Lipinski definition) is 1. The molecule has 1 aromatic rings. The van der Waals surface area contributed by atoms with Gasteiger partial charge in [-0.05, 0) is 29.4 Å². The number of benzene rings is 1. The van der Waals surface area contributed by atoms with Crippen LogP contribution in [-0.2, 0) is 0 Å². The number of phenolic OH excluding ortho intramolecular Hbond substituents is 1. The summed E-state index contributed by atoms with van der Waals surface area (Å²) in [6.45, 7) is 4.62. The van der Waals surface area contributed by atoms with Crippen LogP contribution in [0.5, 0.6) is 5.75 Å². The third-order valence-corrected chi connectivity index (χ3v) is 3.84. The summed E-state index contributed by atoms with van der Waals surface area (Å²) in [5.74, 6) is 2.41. The van der Waals surface area contributed by atoms with Crippen molar-refractivity contribution in [1.82, 2.24) is 0 Å². The van der Waals surface area contributed by atoms with Gasteiger partial charge in [-0.1, -0.05) is 51.3 Å². The Morgan fingerprint density at radius 1 is 1.07 bits per heavy atom. The summed E-state index contributed by atoms with van der Waals surface area (Å²) in [5, 5.41) is 9.90. The number of rotatable bonds is 1. The summed E-state index contributed by atoms with van der Waals surface area (Å²) < 4.78 is 0. The first-order valence-corrected chi connectivity index (χ1v) is 5.98. The molecule has 0 aliphatic heterocycles. The second-order valence-electron chi connectivity index (χ2n) is 4.97. The van der Waals surface area contributed by atoms with Crippen LogP contribution in [0.3, 0.4) is 0 Å². The molecule has 2 rings (SSSR count). The molecule has 82 valence electrons. The Bertz CT molecular complexity index is 322. The third-order valence-electron chi connectivity index (χ3n) is 3.84. The molecule has 0 aromatic heterocycles. The molecule has 0 spiro atoms. The maximum absolute atomic E-state index is 9.90. The van der Waals surface area contributed by atoms with Gasteiger partial charge in [0, 0.05) is 0 Å². The van der Waals surface area contributed by atoms with Gasteiger partial charge in [0.05, 0.1) is 0 Å². The van der Waals surface area contributed by atoms with E-state index in [0.29, 0.717) is 23.5 Å². The first-order valence-electron chi connectivity index (χ1n) is 5.98. The summed E-state index contributed by atoms with van der Waals surface area (Å²) in [7, 11) is 0. The molecule has 1 fully saturated rings. The minimum absolute atomic E-state index is 0.475. The summed E-state index contributed by atoms with van der Waals surface area (Å²) in [6.07, 6.45) is 3.93. The molecular formula is C14H20O. The average Bonchev–Trinajstić information content (AvgIpc) is 2.20. The topological polar surface area (TPSA) is 20.2 Å². The fourth-order valence-corrected chi connectivity index (χ4v) is 3.06. The monoisotopic (exact) mass is 204 g/mol. The van der Waals surface area contributed by atoms with E-state index in [9.17, 15) is 5.11 Å². The van der Waals surface area contributed by atoms with Crippen molar-refractivity contribution in [3.8, 4) is 5.75 Å². The molecule has 15 heavy (non-hydrogen) atoms. The fourth-order valence-electron chi connectivity index (χ4n) is 3.06. The molecule has 0 bridgehead atoms.